The summed E-state index contributed by atoms with van der Waals surface area (Å²) in [6, 6.07) is 0. The number of ether oxygens (including phenoxy) is 2. The van der Waals surface area contributed by atoms with Crippen molar-refractivity contribution in [2.24, 2.45) is 5.73 Å². The second-order valence-electron chi connectivity index (χ2n) is 17.0. The van der Waals surface area contributed by atoms with Crippen LogP contribution in [-0.4, -0.2) is 49.3 Å². The molecule has 2 unspecified atom stereocenters. The molecule has 63 heavy (non-hydrogen) atoms. The van der Waals surface area contributed by atoms with Crippen LogP contribution in [0.4, 0.5) is 0 Å². The summed E-state index contributed by atoms with van der Waals surface area (Å²) in [6.07, 6.45) is 59.7. The highest BCUT2D eigenvalue weighted by molar-refractivity contribution is 7.47. The van der Waals surface area contributed by atoms with E-state index in [-0.39, 0.29) is 38.6 Å². The van der Waals surface area contributed by atoms with Crippen LogP contribution in [0.15, 0.2) is 60.8 Å². The Bertz CT molecular complexity index is 1220. The van der Waals surface area contributed by atoms with Crippen molar-refractivity contribution >= 4 is 19.8 Å². The summed E-state index contributed by atoms with van der Waals surface area (Å²) in [5.74, 6) is -0.842. The van der Waals surface area contributed by atoms with Crippen molar-refractivity contribution in [2.75, 3.05) is 26.4 Å². The zero-order valence-corrected chi connectivity index (χ0v) is 41.4. The average Bonchev–Trinajstić information content (AvgIpc) is 3.27. The molecule has 0 aliphatic carbocycles. The first kappa shape index (κ1) is 60.7. The predicted molar refractivity (Wildman–Crippen MR) is 266 cm³/mol. The first-order valence-corrected chi connectivity index (χ1v) is 27.3. The number of hydrogen-bond acceptors (Lipinski definition) is 8. The summed E-state index contributed by atoms with van der Waals surface area (Å²) < 4.78 is 32.9. The van der Waals surface area contributed by atoms with Crippen LogP contribution in [0, 0.1) is 0 Å². The van der Waals surface area contributed by atoms with Crippen LogP contribution >= 0.6 is 7.82 Å². The quantitative estimate of drug-likeness (QED) is 0.0265. The van der Waals surface area contributed by atoms with Gasteiger partial charge in [0.15, 0.2) is 6.10 Å². The second-order valence-corrected chi connectivity index (χ2v) is 18.5. The van der Waals surface area contributed by atoms with Gasteiger partial charge in [0, 0.05) is 19.4 Å². The first-order valence-electron chi connectivity index (χ1n) is 25.8. The molecule has 0 saturated carbocycles. The molecule has 0 spiro atoms. The number of unbranched alkanes of at least 4 members (excludes halogenated alkanes) is 25. The third-order valence-corrected chi connectivity index (χ3v) is 11.9. The maximum Gasteiger partial charge on any atom is 0.472 e. The summed E-state index contributed by atoms with van der Waals surface area (Å²) in [5, 5.41) is 0. The molecule has 0 aromatic carbocycles. The summed E-state index contributed by atoms with van der Waals surface area (Å²) in [5.41, 5.74) is 5.37. The third kappa shape index (κ3) is 49.0. The Morgan fingerprint density at radius 1 is 0.492 bits per heavy atom. The lowest BCUT2D eigenvalue weighted by Gasteiger charge is -2.19. The van der Waals surface area contributed by atoms with Gasteiger partial charge in [0.25, 0.3) is 0 Å². The molecule has 366 valence electrons. The Kier molecular flexibility index (Phi) is 47.4. The van der Waals surface area contributed by atoms with E-state index >= 15 is 0 Å². The van der Waals surface area contributed by atoms with Gasteiger partial charge >= 0.3 is 19.8 Å². The van der Waals surface area contributed by atoms with Crippen LogP contribution in [0.3, 0.4) is 0 Å². The lowest BCUT2D eigenvalue weighted by molar-refractivity contribution is -0.161. The van der Waals surface area contributed by atoms with E-state index in [4.69, 9.17) is 24.3 Å². The number of esters is 2. The fourth-order valence-electron chi connectivity index (χ4n) is 7.09. The van der Waals surface area contributed by atoms with Gasteiger partial charge in [-0.05, 0) is 77.0 Å². The number of allylic oxidation sites excluding steroid dienone is 10. The number of phosphoric acid groups is 1. The lowest BCUT2D eigenvalue weighted by Crippen LogP contribution is -2.29. The van der Waals surface area contributed by atoms with Gasteiger partial charge in [-0.15, -0.1) is 0 Å². The fourth-order valence-corrected chi connectivity index (χ4v) is 7.86. The average molecular weight is 906 g/mol. The van der Waals surface area contributed by atoms with E-state index in [9.17, 15) is 19.0 Å². The molecule has 9 nitrogen and oxygen atoms in total. The minimum Gasteiger partial charge on any atom is -0.462 e. The molecule has 2 atom stereocenters. The monoisotopic (exact) mass is 906 g/mol. The van der Waals surface area contributed by atoms with Gasteiger partial charge in [-0.25, -0.2) is 4.57 Å². The van der Waals surface area contributed by atoms with Gasteiger partial charge in [-0.3, -0.25) is 18.6 Å². The number of carbonyl (C=O) groups is 2. The second kappa shape index (κ2) is 49.2. The Morgan fingerprint density at radius 3 is 1.32 bits per heavy atom. The fraction of sp³-hybridized carbons (Fsp3) is 0.774. The van der Waals surface area contributed by atoms with Crippen LogP contribution in [0.1, 0.15) is 232 Å². The van der Waals surface area contributed by atoms with Crippen molar-refractivity contribution < 1.29 is 37.6 Å². The number of hydrogen-bond donors (Lipinski definition) is 2. The van der Waals surface area contributed by atoms with Crippen LogP contribution in [-0.2, 0) is 32.7 Å². The van der Waals surface area contributed by atoms with Crippen LogP contribution in [0.2, 0.25) is 0 Å². The molecule has 0 bridgehead atoms. The van der Waals surface area contributed by atoms with Gasteiger partial charge in [-0.2, -0.15) is 0 Å². The summed E-state index contributed by atoms with van der Waals surface area (Å²) >= 11 is 0. The smallest absolute Gasteiger partial charge is 0.462 e. The maximum absolute atomic E-state index is 12.6. The Balaban J connectivity index is 4.05. The van der Waals surface area contributed by atoms with Gasteiger partial charge in [0.1, 0.15) is 6.61 Å². The molecule has 0 radical (unpaired) electrons. The maximum atomic E-state index is 12.6. The molecule has 0 rings (SSSR count). The zero-order chi connectivity index (χ0) is 46.0. The van der Waals surface area contributed by atoms with Crippen LogP contribution in [0.5, 0.6) is 0 Å². The number of nitrogens with two attached hydrogens (primary N) is 1. The predicted octanol–water partition coefficient (Wildman–Crippen LogP) is 15.6. The summed E-state index contributed by atoms with van der Waals surface area (Å²) in [6.45, 7) is 3.62. The molecule has 0 heterocycles. The molecule has 0 aromatic rings. The highest BCUT2D eigenvalue weighted by Gasteiger charge is 2.26. The van der Waals surface area contributed by atoms with Crippen molar-refractivity contribution in [3.63, 3.8) is 0 Å². The van der Waals surface area contributed by atoms with E-state index in [2.05, 4.69) is 74.6 Å². The normalized spacial score (nSPS) is 13.7. The van der Waals surface area contributed by atoms with Gasteiger partial charge < -0.3 is 20.1 Å². The van der Waals surface area contributed by atoms with E-state index in [1.54, 1.807) is 0 Å². The van der Waals surface area contributed by atoms with E-state index in [1.807, 2.05) is 0 Å². The SMILES string of the molecule is CC/C=C\C/C=C\C/C=C\C/C=C\CCCCCCCCC(=O)OC(COC(=O)CCCCCCCCCCCCC/C=C\CCCCCCCCCC)COP(=O)(O)OCCN. The van der Waals surface area contributed by atoms with Crippen molar-refractivity contribution in [1.29, 1.82) is 0 Å². The summed E-state index contributed by atoms with van der Waals surface area (Å²) in [7, 11) is -4.39. The molecule has 0 aliphatic rings. The van der Waals surface area contributed by atoms with E-state index in [0.717, 1.165) is 83.5 Å². The Morgan fingerprint density at radius 2 is 0.873 bits per heavy atom. The highest BCUT2D eigenvalue weighted by Crippen LogP contribution is 2.43. The lowest BCUT2D eigenvalue weighted by atomic mass is 10.0. The van der Waals surface area contributed by atoms with Crippen molar-refractivity contribution in [1.82, 2.24) is 0 Å². The Labute approximate surface area is 387 Å². The molecule has 0 aliphatic heterocycles. The standard InChI is InChI=1S/C53H96NO8P/c1-3-5-7-9-11-13-15-17-19-21-23-24-25-26-28-29-31-33-35-37-39-41-43-45-52(55)59-49-51(50-61-63(57,58)60-48-47-54)62-53(56)46-44-42-40-38-36-34-32-30-27-22-20-18-16-14-12-10-8-6-4-2/h6,8,12,14,18,20-21,23,27,30,51H,3-5,7,9-11,13,15-17,19,22,24-26,28-29,31-50,54H2,1-2H3,(H,57,58)/b8-6-,14-12-,20-18-,23-21-,30-27-. The number of phosphoric ester groups is 1. The van der Waals surface area contributed by atoms with Crippen molar-refractivity contribution in [3.05, 3.63) is 60.8 Å². The number of carbonyl (C=O) groups excluding carboxylic acids is 2. The first-order chi connectivity index (χ1) is 30.8. The van der Waals surface area contributed by atoms with E-state index in [0.29, 0.717) is 6.42 Å². The minimum absolute atomic E-state index is 0.0487. The van der Waals surface area contributed by atoms with Crippen LogP contribution in [0.25, 0.3) is 0 Å². The van der Waals surface area contributed by atoms with Crippen LogP contribution < -0.4 is 5.73 Å². The molecule has 3 N–H and O–H groups in total. The molecule has 0 amide bonds. The topological polar surface area (TPSA) is 134 Å². The molecule has 0 fully saturated rings. The highest BCUT2D eigenvalue weighted by atomic mass is 31.2. The molecular weight excluding hydrogens is 810 g/mol. The van der Waals surface area contributed by atoms with E-state index in [1.165, 1.54) is 116 Å². The van der Waals surface area contributed by atoms with Gasteiger partial charge in [0.2, 0.25) is 0 Å². The number of rotatable bonds is 48. The third-order valence-electron chi connectivity index (χ3n) is 10.9. The van der Waals surface area contributed by atoms with Crippen molar-refractivity contribution in [3.8, 4) is 0 Å². The Hall–Kier alpha value is -2.29. The molecule has 0 aromatic heterocycles. The minimum atomic E-state index is -4.39. The molecule has 10 heteroatoms. The van der Waals surface area contributed by atoms with Gasteiger partial charge in [0.05, 0.1) is 13.2 Å². The zero-order valence-electron chi connectivity index (χ0n) is 40.6. The largest absolute Gasteiger partial charge is 0.472 e. The van der Waals surface area contributed by atoms with E-state index < -0.39 is 26.5 Å². The van der Waals surface area contributed by atoms with Crippen molar-refractivity contribution in [2.45, 2.75) is 238 Å². The molecular formula is C53H96NO8P. The molecule has 0 saturated heterocycles. The summed E-state index contributed by atoms with van der Waals surface area (Å²) in [4.78, 5) is 35.1. The van der Waals surface area contributed by atoms with Gasteiger partial charge in [-0.1, -0.05) is 203 Å².